The maximum atomic E-state index is 8.58. The summed E-state index contributed by atoms with van der Waals surface area (Å²) in [6, 6.07) is 0. The van der Waals surface area contributed by atoms with E-state index in [1.807, 2.05) is 6.08 Å². The molecule has 0 aromatic heterocycles. The van der Waals surface area contributed by atoms with E-state index in [9.17, 15) is 0 Å². The van der Waals surface area contributed by atoms with Gasteiger partial charge in [-0.05, 0) is 12.8 Å². The molecule has 116 valence electrons. The number of unbranched alkanes of at least 4 members (excludes halogenated alkanes) is 8. The van der Waals surface area contributed by atoms with Crippen molar-refractivity contribution in [3.63, 3.8) is 0 Å². The van der Waals surface area contributed by atoms with E-state index in [0.29, 0.717) is 0 Å². The van der Waals surface area contributed by atoms with Crippen LogP contribution < -0.4 is 0 Å². The average molecular weight is 282 g/mol. The number of allylic oxidation sites excluding steroid dienone is 5. The summed E-state index contributed by atoms with van der Waals surface area (Å²) in [4.78, 5) is 0. The quantitative estimate of drug-likeness (QED) is 0.290. The summed E-state index contributed by atoms with van der Waals surface area (Å²) < 4.78 is 0. The van der Waals surface area contributed by atoms with Crippen molar-refractivity contribution in [1.82, 2.24) is 0 Å². The van der Waals surface area contributed by atoms with E-state index in [2.05, 4.69) is 13.0 Å². The molecule has 0 saturated heterocycles. The fraction of sp³-hybridized carbons (Fsp3) is 0.647. The molecule has 0 spiro atoms. The zero-order valence-electron chi connectivity index (χ0n) is 12.7. The molecule has 0 bridgehead atoms. The average Bonchev–Trinajstić information content (AvgIpc) is 2.38. The van der Waals surface area contributed by atoms with Crippen LogP contribution >= 0.6 is 0 Å². The van der Waals surface area contributed by atoms with Crippen LogP contribution in [0.15, 0.2) is 36.5 Å². The minimum Gasteiger partial charge on any atom is -0.340 e. The Labute approximate surface area is 123 Å². The van der Waals surface area contributed by atoms with Crippen LogP contribution in [0.4, 0.5) is 0 Å². The van der Waals surface area contributed by atoms with Crippen LogP contribution in [-0.2, 0) is 0 Å². The van der Waals surface area contributed by atoms with Gasteiger partial charge in [0.25, 0.3) is 5.97 Å². The minimum absolute atomic E-state index is 0.899. The van der Waals surface area contributed by atoms with Crippen LogP contribution in [0.1, 0.15) is 64.7 Å². The second-order valence-corrected chi connectivity index (χ2v) is 5.12. The first-order valence-electron chi connectivity index (χ1n) is 7.74. The van der Waals surface area contributed by atoms with Gasteiger partial charge in [-0.15, -0.1) is 0 Å². The van der Waals surface area contributed by atoms with Gasteiger partial charge in [-0.25, -0.2) is 0 Å². The van der Waals surface area contributed by atoms with Gasteiger partial charge in [0, 0.05) is 6.08 Å². The Morgan fingerprint density at radius 2 is 1.25 bits per heavy atom. The Kier molecular flexibility index (Phi) is 12.5. The van der Waals surface area contributed by atoms with Crippen molar-refractivity contribution in [2.24, 2.45) is 0 Å². The van der Waals surface area contributed by atoms with E-state index in [0.717, 1.165) is 12.5 Å². The van der Waals surface area contributed by atoms with E-state index >= 15 is 0 Å². The van der Waals surface area contributed by atoms with Crippen molar-refractivity contribution in [3.8, 4) is 0 Å². The first kappa shape index (κ1) is 19.1. The SMILES string of the molecule is CCCCCCCCCCC=CC=CC=CC(O)(O)O. The summed E-state index contributed by atoms with van der Waals surface area (Å²) in [5.41, 5.74) is 0. The minimum atomic E-state index is -2.72. The maximum absolute atomic E-state index is 8.58. The van der Waals surface area contributed by atoms with Gasteiger partial charge < -0.3 is 15.3 Å². The van der Waals surface area contributed by atoms with E-state index < -0.39 is 5.97 Å². The number of hydrogen-bond donors (Lipinski definition) is 3. The first-order valence-corrected chi connectivity index (χ1v) is 7.74. The lowest BCUT2D eigenvalue weighted by Gasteiger charge is -2.05. The lowest BCUT2D eigenvalue weighted by molar-refractivity contribution is -0.273. The fourth-order valence-electron chi connectivity index (χ4n) is 1.88. The van der Waals surface area contributed by atoms with Crippen LogP contribution in [0.5, 0.6) is 0 Å². The topological polar surface area (TPSA) is 60.7 Å². The normalized spacial score (nSPS) is 13.2. The molecular weight excluding hydrogens is 252 g/mol. The van der Waals surface area contributed by atoms with E-state index in [1.54, 1.807) is 12.2 Å². The Hall–Kier alpha value is -0.900. The van der Waals surface area contributed by atoms with Crippen LogP contribution in [0, 0.1) is 0 Å². The Balaban J connectivity index is 3.36. The molecule has 0 amide bonds. The Bertz CT molecular complexity index is 285. The van der Waals surface area contributed by atoms with Crippen LogP contribution in [0.25, 0.3) is 0 Å². The van der Waals surface area contributed by atoms with E-state index in [4.69, 9.17) is 15.3 Å². The smallest absolute Gasteiger partial charge is 0.297 e. The number of hydrogen-bond acceptors (Lipinski definition) is 3. The van der Waals surface area contributed by atoms with Crippen molar-refractivity contribution in [2.45, 2.75) is 70.7 Å². The molecule has 0 aliphatic rings. The van der Waals surface area contributed by atoms with Crippen LogP contribution in [0.2, 0.25) is 0 Å². The Morgan fingerprint density at radius 3 is 1.85 bits per heavy atom. The third-order valence-electron chi connectivity index (χ3n) is 3.01. The maximum Gasteiger partial charge on any atom is 0.297 e. The van der Waals surface area contributed by atoms with Crippen molar-refractivity contribution in [2.75, 3.05) is 0 Å². The summed E-state index contributed by atoms with van der Waals surface area (Å²) in [6.45, 7) is 2.24. The molecule has 0 radical (unpaired) electrons. The molecule has 0 aromatic carbocycles. The van der Waals surface area contributed by atoms with Crippen molar-refractivity contribution < 1.29 is 15.3 Å². The highest BCUT2D eigenvalue weighted by molar-refractivity contribution is 5.11. The molecule has 0 aliphatic heterocycles. The molecule has 0 atom stereocenters. The second-order valence-electron chi connectivity index (χ2n) is 5.12. The van der Waals surface area contributed by atoms with E-state index in [-0.39, 0.29) is 0 Å². The molecule has 20 heavy (non-hydrogen) atoms. The molecule has 0 aromatic rings. The van der Waals surface area contributed by atoms with Gasteiger partial charge in [-0.3, -0.25) is 0 Å². The molecule has 3 nitrogen and oxygen atoms in total. The predicted octanol–water partition coefficient (Wildman–Crippen LogP) is 3.82. The molecule has 0 unspecified atom stereocenters. The molecule has 0 aliphatic carbocycles. The van der Waals surface area contributed by atoms with E-state index in [1.165, 1.54) is 57.4 Å². The van der Waals surface area contributed by atoms with Gasteiger partial charge in [0.05, 0.1) is 0 Å². The van der Waals surface area contributed by atoms with Crippen molar-refractivity contribution in [1.29, 1.82) is 0 Å². The third-order valence-corrected chi connectivity index (χ3v) is 3.01. The van der Waals surface area contributed by atoms with Crippen LogP contribution in [-0.4, -0.2) is 21.3 Å². The molecule has 0 fully saturated rings. The second kappa shape index (κ2) is 13.1. The molecule has 0 saturated carbocycles. The summed E-state index contributed by atoms with van der Waals surface area (Å²) in [6.07, 6.45) is 21.5. The number of aliphatic hydroxyl groups is 3. The van der Waals surface area contributed by atoms with Gasteiger partial charge in [0.2, 0.25) is 0 Å². The summed E-state index contributed by atoms with van der Waals surface area (Å²) in [5.74, 6) is -2.72. The Morgan fingerprint density at radius 1 is 0.700 bits per heavy atom. The van der Waals surface area contributed by atoms with Gasteiger partial charge in [0.15, 0.2) is 0 Å². The largest absolute Gasteiger partial charge is 0.340 e. The highest BCUT2D eigenvalue weighted by Gasteiger charge is 2.10. The van der Waals surface area contributed by atoms with Crippen molar-refractivity contribution >= 4 is 0 Å². The summed E-state index contributed by atoms with van der Waals surface area (Å²) in [7, 11) is 0. The van der Waals surface area contributed by atoms with Gasteiger partial charge in [0.1, 0.15) is 0 Å². The predicted molar refractivity (Wildman–Crippen MR) is 84.0 cm³/mol. The van der Waals surface area contributed by atoms with Gasteiger partial charge in [-0.1, -0.05) is 82.2 Å². The fourth-order valence-corrected chi connectivity index (χ4v) is 1.88. The van der Waals surface area contributed by atoms with Crippen molar-refractivity contribution in [3.05, 3.63) is 36.5 Å². The number of rotatable bonds is 12. The zero-order chi connectivity index (χ0) is 15.1. The molecular formula is C17H30O3. The highest BCUT2D eigenvalue weighted by Crippen LogP contribution is 2.09. The molecule has 3 N–H and O–H groups in total. The summed E-state index contributed by atoms with van der Waals surface area (Å²) in [5, 5.41) is 25.7. The third kappa shape index (κ3) is 17.1. The monoisotopic (exact) mass is 282 g/mol. The first-order chi connectivity index (χ1) is 9.56. The molecule has 3 heteroatoms. The molecule has 0 rings (SSSR count). The lowest BCUT2D eigenvalue weighted by atomic mass is 10.1. The standard InChI is InChI=1S/C17H30O3/c1-2-3-4-5-6-7-8-9-10-11-12-13-14-15-16-17(18,19)20/h11-16,18-20H,2-10H2,1H3. The zero-order valence-corrected chi connectivity index (χ0v) is 12.7. The summed E-state index contributed by atoms with van der Waals surface area (Å²) >= 11 is 0. The lowest BCUT2D eigenvalue weighted by Crippen LogP contribution is -2.22. The van der Waals surface area contributed by atoms with Crippen LogP contribution in [0.3, 0.4) is 0 Å². The van der Waals surface area contributed by atoms with Gasteiger partial charge >= 0.3 is 0 Å². The van der Waals surface area contributed by atoms with Gasteiger partial charge in [-0.2, -0.15) is 0 Å². The highest BCUT2D eigenvalue weighted by atomic mass is 16.7. The molecule has 0 heterocycles.